The Labute approximate surface area is 113 Å². The van der Waals surface area contributed by atoms with Crippen LogP contribution in [0.4, 0.5) is 0 Å². The Morgan fingerprint density at radius 2 is 2.11 bits per heavy atom. The van der Waals surface area contributed by atoms with Crippen LogP contribution in [-0.4, -0.2) is 72.7 Å². The highest BCUT2D eigenvalue weighted by molar-refractivity contribution is 5.86. The summed E-state index contributed by atoms with van der Waals surface area (Å²) in [4.78, 5) is 26.8. The normalized spacial score (nSPS) is 27.0. The largest absolute Gasteiger partial charge is 0.481 e. The summed E-state index contributed by atoms with van der Waals surface area (Å²) < 4.78 is 5.40. The van der Waals surface area contributed by atoms with Gasteiger partial charge in [0.15, 0.2) is 0 Å². The molecule has 2 rings (SSSR count). The quantitative estimate of drug-likeness (QED) is 0.780. The summed E-state index contributed by atoms with van der Waals surface area (Å²) in [6.45, 7) is 2.34. The van der Waals surface area contributed by atoms with Gasteiger partial charge in [-0.15, -0.1) is 0 Å². The first-order valence-electron chi connectivity index (χ1n) is 6.70. The Balaban J connectivity index is 2.06. The van der Waals surface area contributed by atoms with E-state index in [4.69, 9.17) is 9.84 Å². The molecule has 1 unspecified atom stereocenters. The van der Waals surface area contributed by atoms with Gasteiger partial charge >= 0.3 is 5.97 Å². The zero-order valence-corrected chi connectivity index (χ0v) is 11.6. The highest BCUT2D eigenvalue weighted by atomic mass is 16.5. The summed E-state index contributed by atoms with van der Waals surface area (Å²) in [6.07, 6.45) is 1.89. The number of rotatable bonds is 4. The lowest BCUT2D eigenvalue weighted by Gasteiger charge is -2.45. The molecule has 0 bridgehead atoms. The van der Waals surface area contributed by atoms with Crippen LogP contribution in [0.5, 0.6) is 0 Å². The fourth-order valence-corrected chi connectivity index (χ4v) is 2.94. The van der Waals surface area contributed by atoms with Gasteiger partial charge < -0.3 is 19.6 Å². The molecule has 0 saturated carbocycles. The van der Waals surface area contributed by atoms with Gasteiger partial charge in [-0.2, -0.15) is 0 Å². The van der Waals surface area contributed by atoms with E-state index >= 15 is 0 Å². The van der Waals surface area contributed by atoms with E-state index in [0.29, 0.717) is 26.3 Å². The van der Waals surface area contributed by atoms with Crippen molar-refractivity contribution in [2.75, 3.05) is 40.4 Å². The molecule has 2 heterocycles. The van der Waals surface area contributed by atoms with E-state index in [9.17, 15) is 9.59 Å². The van der Waals surface area contributed by atoms with Crippen LogP contribution in [0, 0.1) is 5.92 Å². The van der Waals surface area contributed by atoms with Gasteiger partial charge in [-0.25, -0.2) is 0 Å². The van der Waals surface area contributed by atoms with E-state index in [1.165, 1.54) is 0 Å². The molecule has 1 N–H and O–H groups in total. The van der Waals surface area contributed by atoms with Crippen LogP contribution in [0.1, 0.15) is 19.3 Å². The molecular weight excluding hydrogens is 248 g/mol. The molecule has 0 aromatic carbocycles. The molecule has 0 radical (unpaired) electrons. The number of carboxylic acids is 1. The summed E-state index contributed by atoms with van der Waals surface area (Å²) in [5.41, 5.74) is -0.0820. The van der Waals surface area contributed by atoms with E-state index in [-0.39, 0.29) is 17.9 Å². The second kappa shape index (κ2) is 5.46. The zero-order chi connectivity index (χ0) is 14.0. The smallest absolute Gasteiger partial charge is 0.308 e. The standard InChI is InChI=1S/C13H22N2O4/c1-14(2)13(3-5-19-6-4-13)9-15-8-10(12(17)18)7-11(15)16/h10H,3-9H2,1-2H3,(H,17,18). The predicted octanol–water partition coefficient (Wildman–Crippen LogP) is 0.0303. The Hall–Kier alpha value is -1.14. The fraction of sp³-hybridized carbons (Fsp3) is 0.846. The minimum absolute atomic E-state index is 0.0416. The van der Waals surface area contributed by atoms with Crippen LogP contribution in [0.2, 0.25) is 0 Å². The summed E-state index contributed by atoms with van der Waals surface area (Å²) in [6, 6.07) is 0. The van der Waals surface area contributed by atoms with Crippen LogP contribution in [-0.2, 0) is 14.3 Å². The Kier molecular flexibility index (Phi) is 4.10. The highest BCUT2D eigenvalue weighted by Crippen LogP contribution is 2.29. The maximum Gasteiger partial charge on any atom is 0.308 e. The molecule has 2 aliphatic rings. The maximum absolute atomic E-state index is 11.9. The molecule has 0 aromatic heterocycles. The molecule has 0 aromatic rings. The molecule has 2 saturated heterocycles. The van der Waals surface area contributed by atoms with E-state index in [1.54, 1.807) is 4.90 Å². The van der Waals surface area contributed by atoms with Crippen LogP contribution in [0.3, 0.4) is 0 Å². The number of nitrogens with zero attached hydrogens (tertiary/aromatic N) is 2. The molecule has 6 heteroatoms. The summed E-state index contributed by atoms with van der Waals surface area (Å²) in [5.74, 6) is -1.46. The monoisotopic (exact) mass is 270 g/mol. The van der Waals surface area contributed by atoms with Gasteiger partial charge in [-0.05, 0) is 26.9 Å². The SMILES string of the molecule is CN(C)C1(CN2CC(C(=O)O)CC2=O)CCOCC1. The lowest BCUT2D eigenvalue weighted by molar-refractivity contribution is -0.141. The number of likely N-dealkylation sites (N-methyl/N-ethyl adjacent to an activating group) is 1. The third kappa shape index (κ3) is 2.90. The molecule has 1 amide bonds. The van der Waals surface area contributed by atoms with Crippen molar-refractivity contribution in [2.24, 2.45) is 5.92 Å². The van der Waals surface area contributed by atoms with Gasteiger partial charge in [0.2, 0.25) is 5.91 Å². The highest BCUT2D eigenvalue weighted by Gasteiger charge is 2.42. The molecule has 6 nitrogen and oxygen atoms in total. The molecule has 0 aliphatic carbocycles. The fourth-order valence-electron chi connectivity index (χ4n) is 2.94. The number of amides is 1. The van der Waals surface area contributed by atoms with Crippen molar-refractivity contribution in [1.82, 2.24) is 9.80 Å². The van der Waals surface area contributed by atoms with Gasteiger partial charge in [0, 0.05) is 38.3 Å². The first kappa shape index (κ1) is 14.3. The lowest BCUT2D eigenvalue weighted by atomic mass is 9.88. The lowest BCUT2D eigenvalue weighted by Crippen LogP contribution is -2.56. The Bertz CT molecular complexity index is 364. The van der Waals surface area contributed by atoms with Crippen molar-refractivity contribution < 1.29 is 19.4 Å². The number of aliphatic carboxylic acids is 1. The molecule has 0 spiro atoms. The molecule has 2 aliphatic heterocycles. The van der Waals surface area contributed by atoms with Crippen molar-refractivity contribution in [3.05, 3.63) is 0 Å². The van der Waals surface area contributed by atoms with Crippen molar-refractivity contribution in [2.45, 2.75) is 24.8 Å². The number of likely N-dealkylation sites (tertiary alicyclic amines) is 1. The van der Waals surface area contributed by atoms with Gasteiger partial charge in [-0.1, -0.05) is 0 Å². The van der Waals surface area contributed by atoms with E-state index < -0.39 is 11.9 Å². The average molecular weight is 270 g/mol. The Morgan fingerprint density at radius 1 is 1.47 bits per heavy atom. The second-order valence-corrected chi connectivity index (χ2v) is 5.74. The first-order chi connectivity index (χ1) is 8.94. The van der Waals surface area contributed by atoms with E-state index in [1.807, 2.05) is 14.1 Å². The van der Waals surface area contributed by atoms with Gasteiger partial charge in [-0.3, -0.25) is 9.59 Å². The van der Waals surface area contributed by atoms with Crippen molar-refractivity contribution in [3.63, 3.8) is 0 Å². The van der Waals surface area contributed by atoms with E-state index in [2.05, 4.69) is 4.90 Å². The van der Waals surface area contributed by atoms with Crippen LogP contribution in [0.15, 0.2) is 0 Å². The number of carboxylic acid groups (broad SMARTS) is 1. The molecule has 1 atom stereocenters. The Morgan fingerprint density at radius 3 is 2.58 bits per heavy atom. The number of carbonyl (C=O) groups excluding carboxylic acids is 1. The van der Waals surface area contributed by atoms with Crippen LogP contribution in [0.25, 0.3) is 0 Å². The molecule has 2 fully saturated rings. The van der Waals surface area contributed by atoms with Gasteiger partial charge in [0.25, 0.3) is 0 Å². The minimum atomic E-state index is -0.873. The molecular formula is C13H22N2O4. The van der Waals surface area contributed by atoms with Crippen molar-refractivity contribution in [1.29, 1.82) is 0 Å². The molecule has 19 heavy (non-hydrogen) atoms. The minimum Gasteiger partial charge on any atom is -0.481 e. The number of carbonyl (C=O) groups is 2. The van der Waals surface area contributed by atoms with Crippen molar-refractivity contribution >= 4 is 11.9 Å². The van der Waals surface area contributed by atoms with Crippen LogP contribution >= 0.6 is 0 Å². The summed E-state index contributed by atoms with van der Waals surface area (Å²) in [5, 5.41) is 9.02. The predicted molar refractivity (Wildman–Crippen MR) is 68.8 cm³/mol. The summed E-state index contributed by atoms with van der Waals surface area (Å²) >= 11 is 0. The van der Waals surface area contributed by atoms with Crippen LogP contribution < -0.4 is 0 Å². The third-order valence-corrected chi connectivity index (χ3v) is 4.42. The van der Waals surface area contributed by atoms with E-state index in [0.717, 1.165) is 12.8 Å². The topological polar surface area (TPSA) is 70.1 Å². The number of hydrogen-bond acceptors (Lipinski definition) is 4. The summed E-state index contributed by atoms with van der Waals surface area (Å²) in [7, 11) is 4.03. The second-order valence-electron chi connectivity index (χ2n) is 5.74. The average Bonchev–Trinajstić information content (AvgIpc) is 2.72. The maximum atomic E-state index is 11.9. The zero-order valence-electron chi connectivity index (χ0n) is 11.6. The molecule has 108 valence electrons. The van der Waals surface area contributed by atoms with Gasteiger partial charge in [0.05, 0.1) is 5.92 Å². The van der Waals surface area contributed by atoms with Gasteiger partial charge in [0.1, 0.15) is 0 Å². The first-order valence-corrected chi connectivity index (χ1v) is 6.70. The third-order valence-electron chi connectivity index (χ3n) is 4.42. The van der Waals surface area contributed by atoms with Crippen molar-refractivity contribution in [3.8, 4) is 0 Å². The number of hydrogen-bond donors (Lipinski definition) is 1. The number of ether oxygens (including phenoxy) is 1.